The van der Waals surface area contributed by atoms with E-state index in [1.165, 1.54) is 48.5 Å². The van der Waals surface area contributed by atoms with Crippen molar-refractivity contribution in [3.63, 3.8) is 0 Å². The number of ether oxygens (including phenoxy) is 1. The van der Waals surface area contributed by atoms with E-state index >= 15 is 0 Å². The Morgan fingerprint density at radius 2 is 1.37 bits per heavy atom. The van der Waals surface area contributed by atoms with Crippen LogP contribution in [0.5, 0.6) is 5.75 Å². The summed E-state index contributed by atoms with van der Waals surface area (Å²) in [5.74, 6) is -2.43. The summed E-state index contributed by atoms with van der Waals surface area (Å²) in [4.78, 5) is 50.6. The Hall–Kier alpha value is -3.35. The summed E-state index contributed by atoms with van der Waals surface area (Å²) in [6, 6.07) is 11.1. The first-order valence-corrected chi connectivity index (χ1v) is 9.90. The molecule has 0 spiro atoms. The summed E-state index contributed by atoms with van der Waals surface area (Å²) in [6.07, 6.45) is 3.21. The zero-order valence-electron chi connectivity index (χ0n) is 16.2. The number of fused-ring (bicyclic) bond motifs is 1. The molecule has 0 aromatic heterocycles. The maximum Gasteiger partial charge on any atom is 0.331 e. The van der Waals surface area contributed by atoms with E-state index in [0.29, 0.717) is 24.0 Å². The monoisotopic (exact) mass is 409 g/mol. The van der Waals surface area contributed by atoms with Crippen LogP contribution in [-0.4, -0.2) is 35.0 Å². The molecule has 2 aromatic rings. The topological polar surface area (TPSA) is 80.8 Å². The number of hydrogen-bond donors (Lipinski definition) is 0. The Kier molecular flexibility index (Phi) is 5.44. The van der Waals surface area contributed by atoms with Crippen molar-refractivity contribution >= 4 is 23.6 Å². The van der Waals surface area contributed by atoms with Crippen LogP contribution in [0.1, 0.15) is 41.6 Å². The van der Waals surface area contributed by atoms with E-state index < -0.39 is 18.3 Å². The smallest absolute Gasteiger partial charge is 0.331 e. The van der Waals surface area contributed by atoms with Gasteiger partial charge in [0.1, 0.15) is 18.1 Å². The summed E-state index contributed by atoms with van der Waals surface area (Å²) >= 11 is 0. The molecular weight excluding hydrogens is 389 g/mol. The van der Waals surface area contributed by atoms with Crippen molar-refractivity contribution in [1.82, 2.24) is 4.90 Å². The second-order valence-electron chi connectivity index (χ2n) is 7.59. The first-order chi connectivity index (χ1) is 14.4. The third-order valence-electron chi connectivity index (χ3n) is 5.67. The molecule has 2 fully saturated rings. The number of benzene rings is 2. The normalized spacial score (nSPS) is 20.8. The minimum Gasteiger partial charge on any atom is -0.425 e. The molecule has 7 heteroatoms. The predicted molar refractivity (Wildman–Crippen MR) is 104 cm³/mol. The van der Waals surface area contributed by atoms with Crippen molar-refractivity contribution in [3.05, 3.63) is 65.5 Å². The van der Waals surface area contributed by atoms with E-state index in [9.17, 15) is 23.6 Å². The van der Waals surface area contributed by atoms with E-state index in [4.69, 9.17) is 4.74 Å². The fraction of sp³-hybridized carbons (Fsp3) is 0.304. The van der Waals surface area contributed by atoms with Gasteiger partial charge in [0.25, 0.3) is 0 Å². The van der Waals surface area contributed by atoms with Crippen molar-refractivity contribution in [3.8, 4) is 5.75 Å². The Bertz CT molecular complexity index is 975. The van der Waals surface area contributed by atoms with Gasteiger partial charge < -0.3 is 4.74 Å². The number of ketones is 1. The SMILES string of the molecule is O=C(CN1C(=O)C2CCCCC2C1=O)Oc1ccc(C(=O)c2ccc(F)cc2)cc1. The van der Waals surface area contributed by atoms with Gasteiger partial charge in [-0.25, -0.2) is 9.18 Å². The van der Waals surface area contributed by atoms with Gasteiger partial charge in [-0.05, 0) is 61.4 Å². The molecule has 30 heavy (non-hydrogen) atoms. The van der Waals surface area contributed by atoms with Crippen molar-refractivity contribution in [1.29, 1.82) is 0 Å². The van der Waals surface area contributed by atoms with Crippen molar-refractivity contribution < 1.29 is 28.3 Å². The van der Waals surface area contributed by atoms with Crippen LogP contribution in [0, 0.1) is 17.7 Å². The Balaban J connectivity index is 1.38. The van der Waals surface area contributed by atoms with Crippen molar-refractivity contribution in [2.75, 3.05) is 6.54 Å². The fourth-order valence-corrected chi connectivity index (χ4v) is 4.12. The van der Waals surface area contributed by atoms with Gasteiger partial charge in [-0.2, -0.15) is 0 Å². The molecule has 2 aliphatic rings. The quantitative estimate of drug-likeness (QED) is 0.328. The molecule has 0 bridgehead atoms. The maximum absolute atomic E-state index is 13.0. The van der Waals surface area contributed by atoms with E-state index in [1.807, 2.05) is 0 Å². The summed E-state index contributed by atoms with van der Waals surface area (Å²) in [5, 5.41) is 0. The molecule has 154 valence electrons. The van der Waals surface area contributed by atoms with Gasteiger partial charge in [-0.3, -0.25) is 19.3 Å². The molecule has 2 aromatic carbocycles. The van der Waals surface area contributed by atoms with Crippen LogP contribution in [0.4, 0.5) is 4.39 Å². The summed E-state index contributed by atoms with van der Waals surface area (Å²) in [7, 11) is 0. The van der Waals surface area contributed by atoms with E-state index in [2.05, 4.69) is 0 Å². The molecule has 1 aliphatic heterocycles. The lowest BCUT2D eigenvalue weighted by molar-refractivity contribution is -0.148. The third kappa shape index (κ3) is 3.87. The third-order valence-corrected chi connectivity index (χ3v) is 5.67. The average molecular weight is 409 g/mol. The molecule has 2 atom stereocenters. The number of esters is 1. The van der Waals surface area contributed by atoms with Crippen LogP contribution in [0.15, 0.2) is 48.5 Å². The summed E-state index contributed by atoms with van der Waals surface area (Å²) in [6.45, 7) is -0.416. The highest BCUT2D eigenvalue weighted by Gasteiger charge is 2.48. The lowest BCUT2D eigenvalue weighted by atomic mass is 9.81. The molecule has 1 saturated carbocycles. The number of nitrogens with zero attached hydrogens (tertiary/aromatic N) is 1. The largest absolute Gasteiger partial charge is 0.425 e. The van der Waals surface area contributed by atoms with Crippen LogP contribution < -0.4 is 4.74 Å². The highest BCUT2D eigenvalue weighted by molar-refractivity contribution is 6.09. The van der Waals surface area contributed by atoms with E-state index in [1.54, 1.807) is 0 Å². The minimum absolute atomic E-state index is 0.201. The van der Waals surface area contributed by atoms with Gasteiger partial charge in [0.2, 0.25) is 11.8 Å². The lowest BCUT2D eigenvalue weighted by Gasteiger charge is -2.19. The zero-order chi connectivity index (χ0) is 21.3. The number of carbonyl (C=O) groups excluding carboxylic acids is 4. The summed E-state index contributed by atoms with van der Waals surface area (Å²) in [5.41, 5.74) is 0.698. The van der Waals surface area contributed by atoms with Crippen molar-refractivity contribution in [2.45, 2.75) is 25.7 Å². The number of likely N-dealkylation sites (tertiary alicyclic amines) is 1. The lowest BCUT2D eigenvalue weighted by Crippen LogP contribution is -2.37. The van der Waals surface area contributed by atoms with Crippen LogP contribution in [0.25, 0.3) is 0 Å². The van der Waals surface area contributed by atoms with Gasteiger partial charge in [0.15, 0.2) is 5.78 Å². The van der Waals surface area contributed by atoms with Gasteiger partial charge >= 0.3 is 5.97 Å². The van der Waals surface area contributed by atoms with Gasteiger partial charge in [0, 0.05) is 11.1 Å². The fourth-order valence-electron chi connectivity index (χ4n) is 4.12. The van der Waals surface area contributed by atoms with Crippen LogP contribution >= 0.6 is 0 Å². The predicted octanol–water partition coefficient (Wildman–Crippen LogP) is 3.14. The first-order valence-electron chi connectivity index (χ1n) is 9.90. The Morgan fingerprint density at radius 3 is 1.90 bits per heavy atom. The van der Waals surface area contributed by atoms with Crippen LogP contribution in [0.2, 0.25) is 0 Å². The molecule has 4 rings (SSSR count). The molecule has 1 aliphatic carbocycles. The molecule has 2 unspecified atom stereocenters. The number of hydrogen-bond acceptors (Lipinski definition) is 5. The highest BCUT2D eigenvalue weighted by atomic mass is 19.1. The Labute approximate surface area is 172 Å². The van der Waals surface area contributed by atoms with Crippen molar-refractivity contribution in [2.24, 2.45) is 11.8 Å². The summed E-state index contributed by atoms with van der Waals surface area (Å²) < 4.78 is 18.2. The number of halogens is 1. The second kappa shape index (κ2) is 8.18. The van der Waals surface area contributed by atoms with Gasteiger partial charge in [-0.1, -0.05) is 12.8 Å². The number of carbonyl (C=O) groups is 4. The van der Waals surface area contributed by atoms with Gasteiger partial charge in [0.05, 0.1) is 11.8 Å². The standard InChI is InChI=1S/C23H20FNO5/c24-16-9-5-14(6-10-16)21(27)15-7-11-17(12-8-15)30-20(26)13-25-22(28)18-3-1-2-4-19(18)23(25)29/h5-12,18-19H,1-4,13H2. The van der Waals surface area contributed by atoms with Gasteiger partial charge in [-0.15, -0.1) is 0 Å². The minimum atomic E-state index is -0.715. The highest BCUT2D eigenvalue weighted by Crippen LogP contribution is 2.37. The number of amides is 2. The number of rotatable bonds is 5. The van der Waals surface area contributed by atoms with E-state index in [0.717, 1.165) is 17.7 Å². The molecule has 0 radical (unpaired) electrons. The molecule has 2 amide bonds. The molecule has 1 heterocycles. The Morgan fingerprint density at radius 1 is 0.867 bits per heavy atom. The maximum atomic E-state index is 13.0. The van der Waals surface area contributed by atoms with Crippen LogP contribution in [0.3, 0.4) is 0 Å². The van der Waals surface area contributed by atoms with Crippen LogP contribution in [-0.2, 0) is 14.4 Å². The molecule has 0 N–H and O–H groups in total. The number of imide groups is 1. The van der Waals surface area contributed by atoms with E-state index in [-0.39, 0.29) is 35.2 Å². The average Bonchev–Trinajstić information content (AvgIpc) is 2.99. The first kappa shape index (κ1) is 19.9. The molecular formula is C23H20FNO5. The second-order valence-corrected chi connectivity index (χ2v) is 7.59. The zero-order valence-corrected chi connectivity index (χ0v) is 16.2. The molecule has 1 saturated heterocycles. The molecule has 6 nitrogen and oxygen atoms in total.